The normalized spacial score (nSPS) is 29.5. The van der Waals surface area contributed by atoms with Crippen molar-refractivity contribution in [1.29, 1.82) is 0 Å². The minimum absolute atomic E-state index is 0.152. The fraction of sp³-hybridized carbons (Fsp3) is 0.600. The van der Waals surface area contributed by atoms with Gasteiger partial charge in [0.15, 0.2) is 0 Å². The average molecular weight is 161 g/mol. The van der Waals surface area contributed by atoms with E-state index in [4.69, 9.17) is 15.6 Å². The minimum atomic E-state index is -0.345. The Morgan fingerprint density at radius 2 is 2.09 bits per heavy atom. The second-order valence-electron chi connectivity index (χ2n) is 2.32. The highest BCUT2D eigenvalue weighted by molar-refractivity contribution is 4.79. The highest BCUT2D eigenvalue weighted by Gasteiger charge is 2.35. The van der Waals surface area contributed by atoms with Gasteiger partial charge in [-0.15, -0.1) is 6.58 Å². The molecule has 1 aliphatic rings. The maximum Gasteiger partial charge on any atom is 0.0751 e. The number of rotatable bonds is 2. The first kappa shape index (κ1) is 8.60. The molecule has 1 unspecified atom stereocenters. The highest BCUT2D eigenvalue weighted by atomic mass is 16.8. The molecule has 0 aromatic rings. The Hall–Kier alpha value is -0.500. The molecule has 1 heterocycles. The largest absolute Gasteiger partial charge is 0.296 e. The van der Waals surface area contributed by atoms with E-state index in [2.05, 4.69) is 6.58 Å². The second-order valence-corrected chi connectivity index (χ2v) is 2.32. The maximum absolute atomic E-state index is 9.02. The van der Waals surface area contributed by atoms with Crippen molar-refractivity contribution in [3.8, 4) is 0 Å². The minimum Gasteiger partial charge on any atom is -0.296 e. The molecule has 0 bridgehead atoms. The van der Waals surface area contributed by atoms with E-state index in [1.54, 1.807) is 6.08 Å². The molecule has 6 nitrogen and oxygen atoms in total. The molecule has 1 saturated heterocycles. The molecule has 0 saturated carbocycles. The summed E-state index contributed by atoms with van der Waals surface area (Å²) in [5.41, 5.74) is 0. The molecule has 1 atom stereocenters. The summed E-state index contributed by atoms with van der Waals surface area (Å²) >= 11 is 0. The Morgan fingerprint density at radius 1 is 1.45 bits per heavy atom. The van der Waals surface area contributed by atoms with Crippen LogP contribution in [0.4, 0.5) is 0 Å². The fourth-order valence-corrected chi connectivity index (χ4v) is 0.948. The zero-order valence-electron chi connectivity index (χ0n) is 5.96. The van der Waals surface area contributed by atoms with Gasteiger partial charge in [-0.1, -0.05) is 16.4 Å². The lowest BCUT2D eigenvalue weighted by molar-refractivity contribution is -0.474. The van der Waals surface area contributed by atoms with Gasteiger partial charge in [0.25, 0.3) is 0 Å². The van der Waals surface area contributed by atoms with Crippen LogP contribution in [0.1, 0.15) is 6.42 Å². The first-order valence-corrected chi connectivity index (χ1v) is 3.21. The Kier molecular flexibility index (Phi) is 2.55. The molecule has 1 rings (SSSR count). The fourth-order valence-electron chi connectivity index (χ4n) is 0.948. The summed E-state index contributed by atoms with van der Waals surface area (Å²) in [5.74, 6) is 0. The van der Waals surface area contributed by atoms with Crippen molar-refractivity contribution in [2.45, 2.75) is 12.5 Å². The summed E-state index contributed by atoms with van der Waals surface area (Å²) in [6.07, 6.45) is 2.09. The SMILES string of the molecule is C=CCC1CN(O)N(O)N1O. The number of nitrogens with zero attached hydrogens (tertiary/aromatic N) is 3. The predicted molar refractivity (Wildman–Crippen MR) is 34.3 cm³/mol. The van der Waals surface area contributed by atoms with Crippen molar-refractivity contribution >= 4 is 0 Å². The third-order valence-corrected chi connectivity index (χ3v) is 1.53. The summed E-state index contributed by atoms with van der Waals surface area (Å²) in [4.78, 5) is 0. The quantitative estimate of drug-likeness (QED) is 0.489. The summed E-state index contributed by atoms with van der Waals surface area (Å²) in [5, 5.41) is 28.0. The smallest absolute Gasteiger partial charge is 0.0751 e. The Bertz CT molecular complexity index is 154. The third kappa shape index (κ3) is 1.56. The van der Waals surface area contributed by atoms with Gasteiger partial charge >= 0.3 is 0 Å². The van der Waals surface area contributed by atoms with E-state index >= 15 is 0 Å². The zero-order valence-corrected chi connectivity index (χ0v) is 5.96. The summed E-state index contributed by atoms with van der Waals surface area (Å²) in [6.45, 7) is 3.62. The lowest BCUT2D eigenvalue weighted by Gasteiger charge is -2.19. The lowest BCUT2D eigenvalue weighted by atomic mass is 10.2. The van der Waals surface area contributed by atoms with Gasteiger partial charge < -0.3 is 0 Å². The molecule has 64 valence electrons. The van der Waals surface area contributed by atoms with Crippen molar-refractivity contribution in [1.82, 2.24) is 15.6 Å². The van der Waals surface area contributed by atoms with E-state index in [9.17, 15) is 0 Å². The molecule has 0 aliphatic carbocycles. The highest BCUT2D eigenvalue weighted by Crippen LogP contribution is 2.14. The van der Waals surface area contributed by atoms with Crippen LogP contribution in [0.5, 0.6) is 0 Å². The van der Waals surface area contributed by atoms with Crippen LogP contribution in [0, 0.1) is 0 Å². The van der Waals surface area contributed by atoms with Crippen LogP contribution >= 0.6 is 0 Å². The summed E-state index contributed by atoms with van der Waals surface area (Å²) in [7, 11) is 0. The summed E-state index contributed by atoms with van der Waals surface area (Å²) < 4.78 is 0. The zero-order chi connectivity index (χ0) is 8.43. The molecule has 6 heteroatoms. The van der Waals surface area contributed by atoms with Gasteiger partial charge in [-0.3, -0.25) is 15.6 Å². The predicted octanol–water partition coefficient (Wildman–Crippen LogP) is -0.152. The van der Waals surface area contributed by atoms with Gasteiger partial charge in [0, 0.05) is 0 Å². The standard InChI is InChI=1S/C5H11N3O3/c1-2-3-5-4-6(9)8(11)7(5)10/h2,5,9-11H,1,3-4H2. The molecule has 0 spiro atoms. The van der Waals surface area contributed by atoms with Crippen LogP contribution in [-0.4, -0.2) is 43.8 Å². The third-order valence-electron chi connectivity index (χ3n) is 1.53. The number of hydrogen-bond acceptors (Lipinski definition) is 6. The van der Waals surface area contributed by atoms with Crippen molar-refractivity contribution in [3.63, 3.8) is 0 Å². The molecular weight excluding hydrogens is 150 g/mol. The maximum atomic E-state index is 9.02. The van der Waals surface area contributed by atoms with Crippen LogP contribution < -0.4 is 0 Å². The van der Waals surface area contributed by atoms with Crippen LogP contribution in [-0.2, 0) is 0 Å². The van der Waals surface area contributed by atoms with Crippen LogP contribution in [0.2, 0.25) is 0 Å². The molecule has 1 fully saturated rings. The van der Waals surface area contributed by atoms with E-state index in [0.717, 1.165) is 0 Å². The Balaban J connectivity index is 2.51. The first-order chi connectivity index (χ1) is 5.16. The number of hydroxylamine groups is 2. The van der Waals surface area contributed by atoms with E-state index < -0.39 is 0 Å². The number of hydrogen-bond donors (Lipinski definition) is 3. The molecule has 11 heavy (non-hydrogen) atoms. The topological polar surface area (TPSA) is 70.4 Å². The van der Waals surface area contributed by atoms with Crippen molar-refractivity contribution in [2.75, 3.05) is 6.54 Å². The molecule has 1 aliphatic heterocycles. The van der Waals surface area contributed by atoms with Gasteiger partial charge in [0.05, 0.1) is 12.6 Å². The van der Waals surface area contributed by atoms with E-state index in [0.29, 0.717) is 16.8 Å². The molecule has 0 aromatic heterocycles. The first-order valence-electron chi connectivity index (χ1n) is 3.21. The van der Waals surface area contributed by atoms with Crippen LogP contribution in [0.25, 0.3) is 0 Å². The van der Waals surface area contributed by atoms with Crippen molar-refractivity contribution in [2.24, 2.45) is 0 Å². The van der Waals surface area contributed by atoms with Crippen LogP contribution in [0.15, 0.2) is 12.7 Å². The molecule has 0 radical (unpaired) electrons. The van der Waals surface area contributed by atoms with Crippen molar-refractivity contribution < 1.29 is 15.6 Å². The number of hydrazine groups is 2. The van der Waals surface area contributed by atoms with Gasteiger partial charge in [0.2, 0.25) is 0 Å². The average Bonchev–Trinajstić information content (AvgIpc) is 2.19. The second kappa shape index (κ2) is 3.26. The van der Waals surface area contributed by atoms with E-state index in [-0.39, 0.29) is 17.9 Å². The van der Waals surface area contributed by atoms with Gasteiger partial charge in [-0.2, -0.15) is 0 Å². The lowest BCUT2D eigenvalue weighted by Crippen LogP contribution is -2.40. The van der Waals surface area contributed by atoms with Gasteiger partial charge in [-0.25, -0.2) is 0 Å². The molecule has 0 amide bonds. The van der Waals surface area contributed by atoms with Gasteiger partial charge in [0.1, 0.15) is 0 Å². The Labute approximate surface area is 64.0 Å². The molecule has 3 N–H and O–H groups in total. The molecule has 0 aromatic carbocycles. The Morgan fingerprint density at radius 3 is 2.45 bits per heavy atom. The van der Waals surface area contributed by atoms with Crippen LogP contribution in [0.3, 0.4) is 0 Å². The van der Waals surface area contributed by atoms with E-state index in [1.807, 2.05) is 0 Å². The van der Waals surface area contributed by atoms with Crippen molar-refractivity contribution in [3.05, 3.63) is 12.7 Å². The van der Waals surface area contributed by atoms with E-state index in [1.165, 1.54) is 0 Å². The van der Waals surface area contributed by atoms with Gasteiger partial charge in [-0.05, 0) is 11.7 Å². The summed E-state index contributed by atoms with van der Waals surface area (Å²) in [6, 6.07) is -0.345. The monoisotopic (exact) mass is 161 g/mol. The molecular formula is C5H11N3O3.